The molecule has 9 heteroatoms. The van der Waals surface area contributed by atoms with Gasteiger partial charge in [0, 0.05) is 30.5 Å². The van der Waals surface area contributed by atoms with Gasteiger partial charge in [0.2, 0.25) is 0 Å². The van der Waals surface area contributed by atoms with E-state index in [1.165, 1.54) is 24.1 Å². The fraction of sp³-hybridized carbons (Fsp3) is 0.333. The normalized spacial score (nSPS) is 16.0. The number of carbonyl (C=O) groups is 2. The van der Waals surface area contributed by atoms with Crippen molar-refractivity contribution < 1.29 is 33.3 Å². The van der Waals surface area contributed by atoms with E-state index in [1.54, 1.807) is 30.3 Å². The minimum absolute atomic E-state index is 0.0255. The fourth-order valence-corrected chi connectivity index (χ4v) is 4.92. The molecule has 206 valence electrons. The molecule has 7 nitrogen and oxygen atoms in total. The number of benzene rings is 3. The number of carbonyl (C=O) groups excluding carboxylic acids is 1. The number of methoxy groups -OCH3 is 1. The molecule has 4 rings (SSSR count). The van der Waals surface area contributed by atoms with E-state index < -0.39 is 29.8 Å². The quantitative estimate of drug-likeness (QED) is 0.333. The number of amides is 1. The molecule has 0 aliphatic carbocycles. The average molecular weight is 556 g/mol. The van der Waals surface area contributed by atoms with Gasteiger partial charge < -0.3 is 24.2 Å². The lowest BCUT2D eigenvalue weighted by molar-refractivity contribution is -0.137. The highest BCUT2D eigenvalue weighted by Crippen LogP contribution is 2.44. The Balaban J connectivity index is 1.60. The lowest BCUT2D eigenvalue weighted by Crippen LogP contribution is -2.35. The van der Waals surface area contributed by atoms with Crippen LogP contribution >= 0.6 is 11.6 Å². The molecule has 0 radical (unpaired) electrons. The van der Waals surface area contributed by atoms with Crippen molar-refractivity contribution in [1.82, 2.24) is 4.90 Å². The number of carboxylic acid groups (broad SMARTS) is 1. The molecule has 0 saturated carbocycles. The molecule has 0 aromatic heterocycles. The molecular weight excluding hydrogens is 525 g/mol. The summed E-state index contributed by atoms with van der Waals surface area (Å²) in [6.07, 6.45) is 0.821. The Morgan fingerprint density at radius 2 is 1.92 bits per heavy atom. The Morgan fingerprint density at radius 1 is 1.15 bits per heavy atom. The molecule has 0 fully saturated rings. The Hall–Kier alpha value is -3.78. The first-order valence-electron chi connectivity index (χ1n) is 12.6. The first kappa shape index (κ1) is 28.2. The summed E-state index contributed by atoms with van der Waals surface area (Å²) in [6.45, 7) is 5.33. The summed E-state index contributed by atoms with van der Waals surface area (Å²) in [5, 5.41) is 9.58. The predicted octanol–water partition coefficient (Wildman–Crippen LogP) is 5.94. The van der Waals surface area contributed by atoms with E-state index in [2.05, 4.69) is 0 Å². The van der Waals surface area contributed by atoms with Crippen LogP contribution < -0.4 is 14.2 Å². The maximum atomic E-state index is 14.0. The van der Waals surface area contributed by atoms with Crippen molar-refractivity contribution in [3.63, 3.8) is 0 Å². The van der Waals surface area contributed by atoms with Crippen molar-refractivity contribution >= 4 is 23.5 Å². The van der Waals surface area contributed by atoms with Gasteiger partial charge in [-0.05, 0) is 68.3 Å². The van der Waals surface area contributed by atoms with Crippen molar-refractivity contribution in [2.45, 2.75) is 51.9 Å². The zero-order valence-electron chi connectivity index (χ0n) is 22.3. The molecule has 3 aromatic carbocycles. The molecule has 39 heavy (non-hydrogen) atoms. The van der Waals surface area contributed by atoms with E-state index in [0.717, 1.165) is 16.7 Å². The minimum atomic E-state index is -1.13. The topological polar surface area (TPSA) is 85.3 Å². The third-order valence-corrected chi connectivity index (χ3v) is 6.64. The van der Waals surface area contributed by atoms with Crippen molar-refractivity contribution in [2.75, 3.05) is 13.7 Å². The minimum Gasteiger partial charge on any atom is -0.493 e. The second-order valence-corrected chi connectivity index (χ2v) is 10.6. The van der Waals surface area contributed by atoms with E-state index in [1.807, 2.05) is 32.9 Å². The Morgan fingerprint density at radius 3 is 2.59 bits per heavy atom. The van der Waals surface area contributed by atoms with Gasteiger partial charge in [-0.15, -0.1) is 0 Å². The van der Waals surface area contributed by atoms with Crippen molar-refractivity contribution in [1.29, 1.82) is 0 Å². The zero-order valence-corrected chi connectivity index (χ0v) is 23.0. The molecule has 0 unspecified atom stereocenters. The Kier molecular flexibility index (Phi) is 8.35. The van der Waals surface area contributed by atoms with Crippen LogP contribution in [0.5, 0.6) is 17.2 Å². The third-order valence-electron chi connectivity index (χ3n) is 6.33. The van der Waals surface area contributed by atoms with Gasteiger partial charge >= 0.3 is 5.97 Å². The summed E-state index contributed by atoms with van der Waals surface area (Å²) >= 11 is 5.83. The largest absolute Gasteiger partial charge is 0.493 e. The summed E-state index contributed by atoms with van der Waals surface area (Å²) < 4.78 is 31.6. The lowest BCUT2D eigenvalue weighted by atomic mass is 9.91. The van der Waals surface area contributed by atoms with Crippen LogP contribution in [0.1, 0.15) is 47.8 Å². The van der Waals surface area contributed by atoms with Gasteiger partial charge in [0.05, 0.1) is 18.2 Å². The van der Waals surface area contributed by atoms with Crippen LogP contribution in [-0.4, -0.2) is 47.2 Å². The number of fused-ring (bicyclic) bond motifs is 1. The van der Waals surface area contributed by atoms with E-state index in [4.69, 9.17) is 25.8 Å². The van der Waals surface area contributed by atoms with E-state index in [9.17, 15) is 19.1 Å². The molecule has 1 atom stereocenters. The summed E-state index contributed by atoms with van der Waals surface area (Å²) in [6, 6.07) is 15.1. The SMILES string of the molecule is COc1cc(C(=O)N(CC(=O)O)Cc2cccc(OC(C)C)c2)cc2c1O[C@](C)(Cc1ccc(Cl)c(F)c1)C2. The Bertz CT molecular complexity index is 1390. The highest BCUT2D eigenvalue weighted by Gasteiger charge is 2.38. The summed E-state index contributed by atoms with van der Waals surface area (Å²) in [5.74, 6) is -0.571. The highest BCUT2D eigenvalue weighted by molar-refractivity contribution is 6.30. The van der Waals surface area contributed by atoms with Crippen LogP contribution in [0.3, 0.4) is 0 Å². The second-order valence-electron chi connectivity index (χ2n) is 10.2. The first-order valence-corrected chi connectivity index (χ1v) is 12.9. The fourth-order valence-electron chi connectivity index (χ4n) is 4.80. The number of hydrogen-bond donors (Lipinski definition) is 1. The van der Waals surface area contributed by atoms with E-state index >= 15 is 0 Å². The number of nitrogens with zero attached hydrogens (tertiary/aromatic N) is 1. The molecule has 1 N–H and O–H groups in total. The smallest absolute Gasteiger partial charge is 0.323 e. The molecule has 0 saturated heterocycles. The first-order chi connectivity index (χ1) is 18.5. The summed E-state index contributed by atoms with van der Waals surface area (Å²) in [5.41, 5.74) is 1.78. The third kappa shape index (κ3) is 6.81. The second kappa shape index (κ2) is 11.5. The van der Waals surface area contributed by atoms with Gasteiger partial charge in [-0.1, -0.05) is 29.8 Å². The lowest BCUT2D eigenvalue weighted by Gasteiger charge is -2.24. The monoisotopic (exact) mass is 555 g/mol. The van der Waals surface area contributed by atoms with Crippen molar-refractivity contribution in [3.8, 4) is 17.2 Å². The molecule has 3 aromatic rings. The summed E-state index contributed by atoms with van der Waals surface area (Å²) in [7, 11) is 1.48. The predicted molar refractivity (Wildman–Crippen MR) is 145 cm³/mol. The molecule has 1 amide bonds. The Labute approximate surface area is 232 Å². The number of rotatable bonds is 10. The molecule has 1 aliphatic rings. The molecular formula is C30H31ClFNO6. The molecule has 1 heterocycles. The number of aliphatic carboxylic acids is 1. The van der Waals surface area contributed by atoms with Crippen LogP contribution in [0.2, 0.25) is 5.02 Å². The molecule has 0 bridgehead atoms. The van der Waals surface area contributed by atoms with Gasteiger partial charge in [0.25, 0.3) is 5.91 Å². The maximum absolute atomic E-state index is 14.0. The van der Waals surface area contributed by atoms with Crippen LogP contribution in [0.4, 0.5) is 4.39 Å². The van der Waals surface area contributed by atoms with Gasteiger partial charge in [-0.2, -0.15) is 0 Å². The van der Waals surface area contributed by atoms with E-state index in [-0.39, 0.29) is 23.2 Å². The van der Waals surface area contributed by atoms with Crippen LogP contribution in [0, 0.1) is 5.82 Å². The number of carboxylic acids is 1. The van der Waals surface area contributed by atoms with Crippen molar-refractivity contribution in [2.24, 2.45) is 0 Å². The van der Waals surface area contributed by atoms with Gasteiger partial charge in [0.1, 0.15) is 23.7 Å². The average Bonchev–Trinajstić information content (AvgIpc) is 3.20. The van der Waals surface area contributed by atoms with Crippen LogP contribution in [0.25, 0.3) is 0 Å². The standard InChI is InChI=1S/C30H31ClFNO6/c1-18(2)38-23-7-5-6-20(10-23)16-33(17-27(34)35)29(36)21-12-22-15-30(3,39-28(22)26(13-21)37-4)14-19-8-9-24(31)25(32)11-19/h5-13,18H,14-17H2,1-4H3,(H,34,35)/t30-/m1/s1. The van der Waals surface area contributed by atoms with E-state index in [0.29, 0.717) is 30.1 Å². The molecule has 1 aliphatic heterocycles. The van der Waals surface area contributed by atoms with Crippen LogP contribution in [0.15, 0.2) is 54.6 Å². The van der Waals surface area contributed by atoms with Gasteiger partial charge in [-0.25, -0.2) is 4.39 Å². The molecule has 0 spiro atoms. The van der Waals surface area contributed by atoms with Gasteiger partial charge in [-0.3, -0.25) is 9.59 Å². The summed E-state index contributed by atoms with van der Waals surface area (Å²) in [4.78, 5) is 26.5. The van der Waals surface area contributed by atoms with Crippen molar-refractivity contribution in [3.05, 3.63) is 87.7 Å². The van der Waals surface area contributed by atoms with Gasteiger partial charge in [0.15, 0.2) is 11.5 Å². The van der Waals surface area contributed by atoms with Crippen LogP contribution in [-0.2, 0) is 24.2 Å². The number of halogens is 2. The number of ether oxygens (including phenoxy) is 3. The number of hydrogen-bond acceptors (Lipinski definition) is 5. The maximum Gasteiger partial charge on any atom is 0.323 e. The highest BCUT2D eigenvalue weighted by atomic mass is 35.5. The zero-order chi connectivity index (χ0) is 28.3.